The van der Waals surface area contributed by atoms with E-state index in [0.29, 0.717) is 5.52 Å². The molecule has 3 aromatic carbocycles. The summed E-state index contributed by atoms with van der Waals surface area (Å²) in [5.41, 5.74) is 4.62. The molecule has 0 atom stereocenters. The molecule has 1 aromatic heterocycles. The summed E-state index contributed by atoms with van der Waals surface area (Å²) in [6, 6.07) is 25.4. The Hall–Kier alpha value is -3.46. The van der Waals surface area contributed by atoms with Crippen LogP contribution >= 0.6 is 0 Å². The molecule has 1 heterocycles. The SMILES string of the molecule is CCc1ccc(/C=C/c2nn(-c3ccccc3)c3c(=O)ccccc23)cc1. The largest absolute Gasteiger partial charge is 0.288 e. The highest BCUT2D eigenvalue weighted by atomic mass is 16.1. The van der Waals surface area contributed by atoms with Crippen molar-refractivity contribution in [3.05, 3.63) is 106 Å². The molecule has 0 amide bonds. The first kappa shape index (κ1) is 17.0. The molecule has 0 aliphatic carbocycles. The monoisotopic (exact) mass is 352 g/mol. The first-order chi connectivity index (χ1) is 13.3. The summed E-state index contributed by atoms with van der Waals surface area (Å²) in [4.78, 5) is 12.6. The quantitative estimate of drug-likeness (QED) is 0.511. The second-order valence-electron chi connectivity index (χ2n) is 6.41. The summed E-state index contributed by atoms with van der Waals surface area (Å²) in [5.74, 6) is 0. The van der Waals surface area contributed by atoms with Gasteiger partial charge in [-0.1, -0.05) is 73.7 Å². The molecule has 0 saturated heterocycles. The highest BCUT2D eigenvalue weighted by Gasteiger charge is 2.11. The summed E-state index contributed by atoms with van der Waals surface area (Å²) < 4.78 is 1.73. The first-order valence-corrected chi connectivity index (χ1v) is 9.11. The van der Waals surface area contributed by atoms with E-state index in [1.54, 1.807) is 16.8 Å². The average Bonchev–Trinajstić information content (AvgIpc) is 2.98. The van der Waals surface area contributed by atoms with Crippen molar-refractivity contribution in [2.75, 3.05) is 0 Å². The van der Waals surface area contributed by atoms with E-state index in [1.807, 2.05) is 54.6 Å². The number of benzene rings is 2. The Morgan fingerprint density at radius 2 is 1.56 bits per heavy atom. The summed E-state index contributed by atoms with van der Waals surface area (Å²) in [6.45, 7) is 2.15. The molecule has 0 unspecified atom stereocenters. The van der Waals surface area contributed by atoms with Crippen molar-refractivity contribution in [3.8, 4) is 5.69 Å². The van der Waals surface area contributed by atoms with Crippen molar-refractivity contribution in [3.63, 3.8) is 0 Å². The van der Waals surface area contributed by atoms with E-state index in [0.717, 1.165) is 28.8 Å². The van der Waals surface area contributed by atoms with Gasteiger partial charge in [-0.05, 0) is 41.8 Å². The molecule has 4 aromatic rings. The molecule has 0 bridgehead atoms. The lowest BCUT2D eigenvalue weighted by Crippen LogP contribution is -2.04. The van der Waals surface area contributed by atoms with Crippen LogP contribution < -0.4 is 5.43 Å². The van der Waals surface area contributed by atoms with Crippen molar-refractivity contribution in [2.24, 2.45) is 0 Å². The van der Waals surface area contributed by atoms with Gasteiger partial charge >= 0.3 is 0 Å². The molecule has 3 heteroatoms. The van der Waals surface area contributed by atoms with Crippen LogP contribution in [-0.2, 0) is 6.42 Å². The van der Waals surface area contributed by atoms with E-state index in [4.69, 9.17) is 5.10 Å². The number of para-hydroxylation sites is 1. The minimum atomic E-state index is -0.0432. The van der Waals surface area contributed by atoms with E-state index >= 15 is 0 Å². The summed E-state index contributed by atoms with van der Waals surface area (Å²) in [7, 11) is 0. The Bertz CT molecular complexity index is 1160. The van der Waals surface area contributed by atoms with E-state index in [1.165, 1.54) is 5.56 Å². The third kappa shape index (κ3) is 3.44. The smallest absolute Gasteiger partial charge is 0.204 e. The fourth-order valence-electron chi connectivity index (χ4n) is 3.14. The molecule has 4 rings (SSSR count). The molecule has 0 aliphatic heterocycles. The van der Waals surface area contributed by atoms with Crippen molar-refractivity contribution in [1.82, 2.24) is 9.78 Å². The van der Waals surface area contributed by atoms with Crippen LogP contribution in [-0.4, -0.2) is 9.78 Å². The van der Waals surface area contributed by atoms with Crippen LogP contribution in [0.5, 0.6) is 0 Å². The topological polar surface area (TPSA) is 34.9 Å². The molecular formula is C24H20N2O. The normalized spacial score (nSPS) is 11.3. The summed E-state index contributed by atoms with van der Waals surface area (Å²) >= 11 is 0. The number of rotatable bonds is 4. The van der Waals surface area contributed by atoms with Gasteiger partial charge in [0.25, 0.3) is 0 Å². The lowest BCUT2D eigenvalue weighted by atomic mass is 10.1. The Kier molecular flexibility index (Phi) is 4.67. The van der Waals surface area contributed by atoms with E-state index < -0.39 is 0 Å². The lowest BCUT2D eigenvalue weighted by Gasteiger charge is -2.00. The number of nitrogens with zero attached hydrogens (tertiary/aromatic N) is 2. The zero-order valence-corrected chi connectivity index (χ0v) is 15.2. The minimum Gasteiger partial charge on any atom is -0.288 e. The fourth-order valence-corrected chi connectivity index (χ4v) is 3.14. The lowest BCUT2D eigenvalue weighted by molar-refractivity contribution is 0.902. The predicted molar refractivity (Wildman–Crippen MR) is 112 cm³/mol. The van der Waals surface area contributed by atoms with Crippen molar-refractivity contribution in [1.29, 1.82) is 0 Å². The van der Waals surface area contributed by atoms with Crippen LogP contribution in [0.2, 0.25) is 0 Å². The van der Waals surface area contributed by atoms with Crippen LogP contribution in [0.3, 0.4) is 0 Å². The maximum Gasteiger partial charge on any atom is 0.204 e. The Morgan fingerprint density at radius 3 is 2.30 bits per heavy atom. The van der Waals surface area contributed by atoms with Gasteiger partial charge in [0.15, 0.2) is 0 Å². The van der Waals surface area contributed by atoms with E-state index in [9.17, 15) is 4.79 Å². The molecule has 0 N–H and O–H groups in total. The number of aromatic nitrogens is 2. The zero-order chi connectivity index (χ0) is 18.6. The van der Waals surface area contributed by atoms with Crippen molar-refractivity contribution < 1.29 is 0 Å². The van der Waals surface area contributed by atoms with Crippen LogP contribution in [0.1, 0.15) is 23.7 Å². The van der Waals surface area contributed by atoms with Gasteiger partial charge in [-0.3, -0.25) is 4.79 Å². The van der Waals surface area contributed by atoms with E-state index in [-0.39, 0.29) is 5.43 Å². The van der Waals surface area contributed by atoms with Crippen molar-refractivity contribution in [2.45, 2.75) is 13.3 Å². The van der Waals surface area contributed by atoms with Gasteiger partial charge in [0, 0.05) is 5.39 Å². The van der Waals surface area contributed by atoms with Gasteiger partial charge in [0.05, 0.1) is 11.4 Å². The number of hydrogen-bond donors (Lipinski definition) is 0. The third-order valence-corrected chi connectivity index (χ3v) is 4.63. The van der Waals surface area contributed by atoms with Gasteiger partial charge in [0.2, 0.25) is 5.43 Å². The molecule has 0 aliphatic rings. The highest BCUT2D eigenvalue weighted by molar-refractivity contribution is 5.90. The maximum absolute atomic E-state index is 12.6. The molecule has 27 heavy (non-hydrogen) atoms. The molecule has 132 valence electrons. The molecule has 0 radical (unpaired) electrons. The zero-order valence-electron chi connectivity index (χ0n) is 15.2. The van der Waals surface area contributed by atoms with Crippen molar-refractivity contribution >= 4 is 23.1 Å². The van der Waals surface area contributed by atoms with Crippen LogP contribution in [0.15, 0.2) is 83.7 Å². The maximum atomic E-state index is 12.6. The van der Waals surface area contributed by atoms with Crippen LogP contribution in [0, 0.1) is 0 Å². The Balaban J connectivity index is 1.86. The summed E-state index contributed by atoms with van der Waals surface area (Å²) in [5, 5.41) is 5.57. The highest BCUT2D eigenvalue weighted by Crippen LogP contribution is 2.21. The van der Waals surface area contributed by atoms with E-state index in [2.05, 4.69) is 31.2 Å². The number of hydrogen-bond acceptors (Lipinski definition) is 2. The first-order valence-electron chi connectivity index (χ1n) is 9.11. The predicted octanol–water partition coefficient (Wildman–Crippen LogP) is 5.12. The Labute approximate surface area is 158 Å². The number of fused-ring (bicyclic) bond motifs is 1. The van der Waals surface area contributed by atoms with Gasteiger partial charge in [0.1, 0.15) is 5.52 Å². The average molecular weight is 352 g/mol. The second kappa shape index (κ2) is 7.42. The van der Waals surface area contributed by atoms with Crippen LogP contribution in [0.4, 0.5) is 0 Å². The summed E-state index contributed by atoms with van der Waals surface area (Å²) in [6.07, 6.45) is 5.04. The molecule has 0 spiro atoms. The molecular weight excluding hydrogens is 332 g/mol. The number of aryl methyl sites for hydroxylation is 1. The Morgan fingerprint density at radius 1 is 0.852 bits per heavy atom. The fraction of sp³-hybridized carbons (Fsp3) is 0.0833. The minimum absolute atomic E-state index is 0.0432. The standard InChI is InChI=1S/C24H20N2O/c1-2-18-12-14-19(15-13-18)16-17-22-21-10-6-7-11-23(27)24(21)26(25-22)20-8-4-3-5-9-20/h3-17H,2H2,1H3/b17-16+. The van der Waals surface area contributed by atoms with Gasteiger partial charge < -0.3 is 0 Å². The molecule has 0 saturated carbocycles. The second-order valence-corrected chi connectivity index (χ2v) is 6.41. The molecule has 0 fully saturated rings. The van der Waals surface area contributed by atoms with Gasteiger partial charge in [-0.15, -0.1) is 0 Å². The van der Waals surface area contributed by atoms with Gasteiger partial charge in [-0.25, -0.2) is 4.68 Å². The van der Waals surface area contributed by atoms with Crippen LogP contribution in [0.25, 0.3) is 28.7 Å². The van der Waals surface area contributed by atoms with Gasteiger partial charge in [-0.2, -0.15) is 5.10 Å². The third-order valence-electron chi connectivity index (χ3n) is 4.63. The molecule has 3 nitrogen and oxygen atoms in total.